The van der Waals surface area contributed by atoms with E-state index in [-0.39, 0.29) is 0 Å². The highest BCUT2D eigenvalue weighted by Gasteiger charge is 2.57. The van der Waals surface area contributed by atoms with Gasteiger partial charge >= 0.3 is 18.2 Å². The standard InChI is InChI=1S/C4H3F5NO2/c5-3(6,4(7,8)9)1-10-2(11)12/h10H,1H2. The van der Waals surface area contributed by atoms with E-state index < -0.39 is 24.7 Å². The summed E-state index contributed by atoms with van der Waals surface area (Å²) in [6, 6.07) is 0. The Morgan fingerprint density at radius 2 is 1.58 bits per heavy atom. The first kappa shape index (κ1) is 10.9. The van der Waals surface area contributed by atoms with Crippen LogP contribution in [0.3, 0.4) is 0 Å². The molecule has 3 nitrogen and oxygen atoms in total. The molecule has 0 aliphatic carbocycles. The maximum absolute atomic E-state index is 11.8. The van der Waals surface area contributed by atoms with Crippen molar-refractivity contribution in [2.45, 2.75) is 12.1 Å². The summed E-state index contributed by atoms with van der Waals surface area (Å²) in [5.41, 5.74) is 0. The summed E-state index contributed by atoms with van der Waals surface area (Å²) in [5, 5.41) is 10.3. The molecule has 71 valence electrons. The van der Waals surface area contributed by atoms with Gasteiger partial charge in [0.25, 0.3) is 0 Å². The first-order valence-electron chi connectivity index (χ1n) is 2.56. The third-order valence-corrected chi connectivity index (χ3v) is 0.869. The van der Waals surface area contributed by atoms with Crippen molar-refractivity contribution in [1.29, 1.82) is 0 Å². The molecule has 0 aromatic carbocycles. The van der Waals surface area contributed by atoms with E-state index in [0.29, 0.717) is 0 Å². The number of carbonyl (C=O) groups is 1. The number of alkyl halides is 5. The van der Waals surface area contributed by atoms with E-state index in [1.165, 1.54) is 0 Å². The van der Waals surface area contributed by atoms with Gasteiger partial charge in [0, 0.05) is 0 Å². The highest BCUT2D eigenvalue weighted by Crippen LogP contribution is 2.34. The summed E-state index contributed by atoms with van der Waals surface area (Å²) < 4.78 is 57.5. The van der Waals surface area contributed by atoms with Crippen LogP contribution >= 0.6 is 0 Å². The minimum Gasteiger partial charge on any atom is -0.312 e. The summed E-state index contributed by atoms with van der Waals surface area (Å²) >= 11 is 0. The molecule has 0 saturated carbocycles. The van der Waals surface area contributed by atoms with Crippen molar-refractivity contribution in [1.82, 2.24) is 5.32 Å². The molecular weight excluding hydrogens is 189 g/mol. The van der Waals surface area contributed by atoms with Crippen molar-refractivity contribution >= 4 is 6.09 Å². The second kappa shape index (κ2) is 3.11. The normalized spacial score (nSPS) is 12.8. The molecule has 0 heterocycles. The lowest BCUT2D eigenvalue weighted by molar-refractivity contribution is -0.278. The van der Waals surface area contributed by atoms with E-state index in [4.69, 9.17) is 0 Å². The predicted octanol–water partition coefficient (Wildman–Crippen LogP) is 1.32. The predicted molar refractivity (Wildman–Crippen MR) is 25.1 cm³/mol. The highest BCUT2D eigenvalue weighted by molar-refractivity contribution is 5.63. The summed E-state index contributed by atoms with van der Waals surface area (Å²) in [4.78, 5) is 9.45. The van der Waals surface area contributed by atoms with Crippen LogP contribution in [-0.4, -0.2) is 24.7 Å². The number of nitrogens with one attached hydrogen (secondary N) is 1. The van der Waals surface area contributed by atoms with Gasteiger partial charge in [0.05, 0.1) is 6.54 Å². The molecule has 0 aromatic heterocycles. The van der Waals surface area contributed by atoms with Crippen LogP contribution in [-0.2, 0) is 5.11 Å². The molecule has 0 saturated heterocycles. The molecule has 0 aromatic rings. The fraction of sp³-hybridized carbons (Fsp3) is 0.750. The Kier molecular flexibility index (Phi) is 2.83. The van der Waals surface area contributed by atoms with Gasteiger partial charge in [-0.15, -0.1) is 0 Å². The molecule has 0 atom stereocenters. The molecule has 0 spiro atoms. The first-order valence-corrected chi connectivity index (χ1v) is 2.56. The van der Waals surface area contributed by atoms with Gasteiger partial charge in [0.15, 0.2) is 0 Å². The van der Waals surface area contributed by atoms with Crippen LogP contribution in [0.5, 0.6) is 0 Å². The van der Waals surface area contributed by atoms with Crippen molar-refractivity contribution in [3.63, 3.8) is 0 Å². The van der Waals surface area contributed by atoms with Gasteiger partial charge in [-0.3, -0.25) is 0 Å². The van der Waals surface area contributed by atoms with Gasteiger partial charge in [-0.1, -0.05) is 0 Å². The quantitative estimate of drug-likeness (QED) is 0.659. The molecule has 1 amide bonds. The van der Waals surface area contributed by atoms with E-state index in [1.807, 2.05) is 0 Å². The lowest BCUT2D eigenvalue weighted by Gasteiger charge is -2.18. The maximum Gasteiger partial charge on any atom is 0.455 e. The van der Waals surface area contributed by atoms with Crippen LogP contribution in [0, 0.1) is 0 Å². The van der Waals surface area contributed by atoms with E-state index in [0.717, 1.165) is 5.32 Å². The number of halogens is 5. The summed E-state index contributed by atoms with van der Waals surface area (Å²) in [6.45, 7) is -2.03. The van der Waals surface area contributed by atoms with Gasteiger partial charge < -0.3 is 5.32 Å². The number of carbonyl (C=O) groups excluding carboxylic acids is 1. The maximum atomic E-state index is 11.8. The van der Waals surface area contributed by atoms with E-state index >= 15 is 0 Å². The van der Waals surface area contributed by atoms with Crippen LogP contribution < -0.4 is 5.32 Å². The van der Waals surface area contributed by atoms with Crippen LogP contribution in [0.4, 0.5) is 26.7 Å². The minimum absolute atomic E-state index is 0.828. The fourth-order valence-corrected chi connectivity index (χ4v) is 0.283. The van der Waals surface area contributed by atoms with Crippen LogP contribution in [0.15, 0.2) is 0 Å². The third kappa shape index (κ3) is 2.89. The smallest absolute Gasteiger partial charge is 0.312 e. The Labute approximate surface area is 63.2 Å². The number of hydrogen-bond donors (Lipinski definition) is 1. The second-order valence-electron chi connectivity index (χ2n) is 1.84. The van der Waals surface area contributed by atoms with Crippen molar-refractivity contribution in [2.75, 3.05) is 6.54 Å². The van der Waals surface area contributed by atoms with Crippen molar-refractivity contribution in [3.05, 3.63) is 0 Å². The minimum atomic E-state index is -5.75. The molecule has 1 N–H and O–H groups in total. The number of hydrogen-bond acceptors (Lipinski definition) is 1. The van der Waals surface area contributed by atoms with Gasteiger partial charge in [-0.05, 0) is 0 Å². The highest BCUT2D eigenvalue weighted by atomic mass is 19.4. The molecule has 0 aliphatic heterocycles. The Morgan fingerprint density at radius 3 is 1.83 bits per heavy atom. The van der Waals surface area contributed by atoms with Crippen molar-refractivity contribution in [2.24, 2.45) is 0 Å². The zero-order chi connectivity index (χ0) is 9.99. The molecule has 0 fully saturated rings. The Morgan fingerprint density at radius 1 is 1.17 bits per heavy atom. The molecule has 0 unspecified atom stereocenters. The lowest BCUT2D eigenvalue weighted by atomic mass is 10.3. The first-order chi connectivity index (χ1) is 5.17. The number of amides is 1. The monoisotopic (exact) mass is 192 g/mol. The summed E-state index contributed by atoms with van der Waals surface area (Å²) in [6.07, 6.45) is -7.94. The molecule has 8 heteroatoms. The molecule has 12 heavy (non-hydrogen) atoms. The van der Waals surface area contributed by atoms with E-state index in [1.54, 1.807) is 0 Å². The zero-order valence-corrected chi connectivity index (χ0v) is 5.41. The summed E-state index contributed by atoms with van der Waals surface area (Å²) in [7, 11) is 0. The van der Waals surface area contributed by atoms with Gasteiger partial charge in [-0.2, -0.15) is 22.0 Å². The topological polar surface area (TPSA) is 49.0 Å². The van der Waals surface area contributed by atoms with Crippen molar-refractivity contribution in [3.8, 4) is 0 Å². The van der Waals surface area contributed by atoms with E-state index in [9.17, 15) is 31.9 Å². The number of rotatable bonds is 2. The molecule has 1 radical (unpaired) electrons. The lowest BCUT2D eigenvalue weighted by Crippen LogP contribution is -2.46. The average Bonchev–Trinajstić information content (AvgIpc) is 1.81. The Hall–Kier alpha value is -1.08. The van der Waals surface area contributed by atoms with Crippen LogP contribution in [0.2, 0.25) is 0 Å². The second-order valence-corrected chi connectivity index (χ2v) is 1.84. The third-order valence-electron chi connectivity index (χ3n) is 0.869. The van der Waals surface area contributed by atoms with Crippen molar-refractivity contribution < 1.29 is 31.9 Å². The van der Waals surface area contributed by atoms with E-state index in [2.05, 4.69) is 0 Å². The molecule has 0 bridgehead atoms. The Bertz CT molecular complexity index is 177. The van der Waals surface area contributed by atoms with Crippen LogP contribution in [0.1, 0.15) is 0 Å². The van der Waals surface area contributed by atoms with Gasteiger partial charge in [0.1, 0.15) is 0 Å². The Balaban J connectivity index is 4.14. The zero-order valence-electron chi connectivity index (χ0n) is 5.41. The molecule has 0 aliphatic rings. The average molecular weight is 192 g/mol. The summed E-state index contributed by atoms with van der Waals surface area (Å²) in [5.74, 6) is -5.06. The SMILES string of the molecule is [O]C(=O)NCC(F)(F)C(F)(F)F. The fourth-order valence-electron chi connectivity index (χ4n) is 0.283. The van der Waals surface area contributed by atoms with Gasteiger partial charge in [-0.25, -0.2) is 9.90 Å². The molecular formula is C4H3F5NO2. The van der Waals surface area contributed by atoms with Gasteiger partial charge in [0.2, 0.25) is 0 Å². The largest absolute Gasteiger partial charge is 0.455 e. The molecule has 0 rings (SSSR count). The van der Waals surface area contributed by atoms with Crippen LogP contribution in [0.25, 0.3) is 0 Å².